The van der Waals surface area contributed by atoms with Gasteiger partial charge in [-0.25, -0.2) is 0 Å². The second kappa shape index (κ2) is 9.96. The van der Waals surface area contributed by atoms with Crippen LogP contribution in [-0.4, -0.2) is 49.0 Å². The van der Waals surface area contributed by atoms with Crippen LogP contribution in [0, 0.1) is 0 Å². The average Bonchev–Trinajstić information content (AvgIpc) is 2.80. The summed E-state index contributed by atoms with van der Waals surface area (Å²) in [4.78, 5) is 14.4. The van der Waals surface area contributed by atoms with Gasteiger partial charge in [0.25, 0.3) is 5.91 Å². The molecule has 1 aliphatic rings. The van der Waals surface area contributed by atoms with E-state index >= 15 is 0 Å². The summed E-state index contributed by atoms with van der Waals surface area (Å²) in [5.74, 6) is 0.865. The summed E-state index contributed by atoms with van der Waals surface area (Å²) in [6.07, 6.45) is 0. The fourth-order valence-electron chi connectivity index (χ4n) is 3.12. The average molecular weight is 459 g/mol. The number of hydrogen-bond acceptors (Lipinski definition) is 6. The standard InChI is InChI=1S/C22H20Cl2N4O3/c23-16-4-5-18(24)20(13-16)31-14-22(29)25-17-3-1-2-15(12-17)19-6-7-21(27-26-19)28-8-10-30-11-9-28/h1-7,12-13H,8-11,14H2,(H,25,29). The highest BCUT2D eigenvalue weighted by Gasteiger charge is 2.13. The SMILES string of the molecule is O=C(COc1cc(Cl)ccc1Cl)Nc1cccc(-c2ccc(N3CCOCC3)nn2)c1. The van der Waals surface area contributed by atoms with Crippen LogP contribution in [0.15, 0.2) is 54.6 Å². The van der Waals surface area contributed by atoms with Gasteiger partial charge in [-0.3, -0.25) is 4.79 Å². The number of carbonyl (C=O) groups is 1. The van der Waals surface area contributed by atoms with Gasteiger partial charge in [-0.1, -0.05) is 35.3 Å². The van der Waals surface area contributed by atoms with Crippen molar-refractivity contribution in [2.24, 2.45) is 0 Å². The van der Waals surface area contributed by atoms with Crippen LogP contribution in [0.5, 0.6) is 5.75 Å². The maximum atomic E-state index is 12.3. The summed E-state index contributed by atoms with van der Waals surface area (Å²) >= 11 is 12.0. The van der Waals surface area contributed by atoms with E-state index in [2.05, 4.69) is 20.4 Å². The summed E-state index contributed by atoms with van der Waals surface area (Å²) in [5.41, 5.74) is 2.19. The zero-order valence-corrected chi connectivity index (χ0v) is 18.1. The van der Waals surface area contributed by atoms with Crippen LogP contribution in [0.1, 0.15) is 0 Å². The summed E-state index contributed by atoms with van der Waals surface area (Å²) in [7, 11) is 0. The highest BCUT2D eigenvalue weighted by Crippen LogP contribution is 2.28. The van der Waals surface area contributed by atoms with Crippen molar-refractivity contribution >= 4 is 40.6 Å². The molecule has 0 atom stereocenters. The van der Waals surface area contributed by atoms with Crippen molar-refractivity contribution in [2.75, 3.05) is 43.1 Å². The first kappa shape index (κ1) is 21.4. The van der Waals surface area contributed by atoms with Gasteiger partial charge in [-0.05, 0) is 36.4 Å². The van der Waals surface area contributed by atoms with Crippen molar-refractivity contribution in [3.63, 3.8) is 0 Å². The Labute approximate surface area is 189 Å². The molecule has 2 aromatic carbocycles. The van der Waals surface area contributed by atoms with Gasteiger partial charge in [0.15, 0.2) is 12.4 Å². The number of anilines is 2. The quantitative estimate of drug-likeness (QED) is 0.592. The Morgan fingerprint density at radius 2 is 1.90 bits per heavy atom. The number of rotatable bonds is 6. The molecule has 160 valence electrons. The Bertz CT molecular complexity index is 1060. The Hall–Kier alpha value is -2.87. The van der Waals surface area contributed by atoms with Gasteiger partial charge in [-0.15, -0.1) is 10.2 Å². The largest absolute Gasteiger partial charge is 0.482 e. The van der Waals surface area contributed by atoms with E-state index in [-0.39, 0.29) is 12.5 Å². The molecule has 7 nitrogen and oxygen atoms in total. The number of nitrogens with one attached hydrogen (secondary N) is 1. The lowest BCUT2D eigenvalue weighted by Crippen LogP contribution is -2.36. The van der Waals surface area contributed by atoms with E-state index in [9.17, 15) is 4.79 Å². The van der Waals surface area contributed by atoms with Crippen molar-refractivity contribution in [1.29, 1.82) is 0 Å². The molecule has 1 amide bonds. The van der Waals surface area contributed by atoms with Gasteiger partial charge in [0.1, 0.15) is 5.75 Å². The number of nitrogens with zero attached hydrogens (tertiary/aromatic N) is 3. The molecule has 1 N–H and O–H groups in total. The molecule has 9 heteroatoms. The van der Waals surface area contributed by atoms with Crippen LogP contribution in [0.4, 0.5) is 11.5 Å². The number of amides is 1. The fraction of sp³-hybridized carbons (Fsp3) is 0.227. The normalized spacial score (nSPS) is 13.7. The van der Waals surface area contributed by atoms with Crippen molar-refractivity contribution in [3.8, 4) is 17.0 Å². The number of aromatic nitrogens is 2. The smallest absolute Gasteiger partial charge is 0.262 e. The van der Waals surface area contributed by atoms with Crippen molar-refractivity contribution < 1.29 is 14.3 Å². The minimum Gasteiger partial charge on any atom is -0.482 e. The molecule has 0 saturated carbocycles. The molecule has 31 heavy (non-hydrogen) atoms. The molecule has 0 spiro atoms. The van der Waals surface area contributed by atoms with Gasteiger partial charge < -0.3 is 19.7 Å². The van der Waals surface area contributed by atoms with Crippen molar-refractivity contribution in [1.82, 2.24) is 10.2 Å². The van der Waals surface area contributed by atoms with Crippen molar-refractivity contribution in [2.45, 2.75) is 0 Å². The molecular weight excluding hydrogens is 439 g/mol. The molecule has 0 bridgehead atoms. The molecule has 2 heterocycles. The predicted molar refractivity (Wildman–Crippen MR) is 121 cm³/mol. The van der Waals surface area contributed by atoms with Crippen LogP contribution in [0.2, 0.25) is 10.0 Å². The number of morpholine rings is 1. The van der Waals surface area contributed by atoms with Crippen LogP contribution in [0.25, 0.3) is 11.3 Å². The van der Waals surface area contributed by atoms with Gasteiger partial charge in [0.2, 0.25) is 0 Å². The van der Waals surface area contributed by atoms with Crippen molar-refractivity contribution in [3.05, 3.63) is 64.6 Å². The number of hydrogen-bond donors (Lipinski definition) is 1. The summed E-state index contributed by atoms with van der Waals surface area (Å²) in [5, 5.41) is 12.4. The molecule has 0 unspecified atom stereocenters. The molecule has 4 rings (SSSR count). The lowest BCUT2D eigenvalue weighted by Gasteiger charge is -2.27. The first-order chi connectivity index (χ1) is 15.1. The maximum absolute atomic E-state index is 12.3. The maximum Gasteiger partial charge on any atom is 0.262 e. The van der Waals surface area contributed by atoms with Gasteiger partial charge in [0, 0.05) is 35.4 Å². The molecule has 1 aliphatic heterocycles. The Morgan fingerprint density at radius 1 is 1.06 bits per heavy atom. The van der Waals surface area contributed by atoms with E-state index in [0.717, 1.165) is 30.2 Å². The fourth-order valence-corrected chi connectivity index (χ4v) is 3.46. The van der Waals surface area contributed by atoms with E-state index in [1.807, 2.05) is 30.3 Å². The zero-order chi connectivity index (χ0) is 21.6. The van der Waals surface area contributed by atoms with Crippen LogP contribution in [0.3, 0.4) is 0 Å². The van der Waals surface area contributed by atoms with Crippen LogP contribution >= 0.6 is 23.2 Å². The highest BCUT2D eigenvalue weighted by molar-refractivity contribution is 6.34. The summed E-state index contributed by atoms with van der Waals surface area (Å²) < 4.78 is 10.8. The molecular formula is C22H20Cl2N4O3. The molecule has 0 radical (unpaired) electrons. The predicted octanol–water partition coefficient (Wildman–Crippen LogP) is 4.30. The minimum absolute atomic E-state index is 0.196. The van der Waals surface area contributed by atoms with E-state index in [0.29, 0.717) is 34.7 Å². The molecule has 1 saturated heterocycles. The number of carbonyl (C=O) groups excluding carboxylic acids is 1. The molecule has 1 aromatic heterocycles. The molecule has 0 aliphatic carbocycles. The van der Waals surface area contributed by atoms with Crippen LogP contribution < -0.4 is 15.0 Å². The summed E-state index contributed by atoms with van der Waals surface area (Å²) in [6, 6.07) is 16.1. The van der Waals surface area contributed by atoms with E-state index < -0.39 is 0 Å². The Balaban J connectivity index is 1.38. The molecule has 3 aromatic rings. The van der Waals surface area contributed by atoms with Gasteiger partial charge >= 0.3 is 0 Å². The second-order valence-electron chi connectivity index (χ2n) is 6.87. The van der Waals surface area contributed by atoms with E-state index in [4.69, 9.17) is 32.7 Å². The Kier molecular flexibility index (Phi) is 6.86. The van der Waals surface area contributed by atoms with Gasteiger partial charge in [-0.2, -0.15) is 0 Å². The first-order valence-electron chi connectivity index (χ1n) is 9.73. The zero-order valence-electron chi connectivity index (χ0n) is 16.6. The lowest BCUT2D eigenvalue weighted by molar-refractivity contribution is -0.118. The second-order valence-corrected chi connectivity index (χ2v) is 7.71. The molecule has 1 fully saturated rings. The lowest BCUT2D eigenvalue weighted by atomic mass is 10.1. The van der Waals surface area contributed by atoms with Gasteiger partial charge in [0.05, 0.1) is 23.9 Å². The number of benzene rings is 2. The van der Waals surface area contributed by atoms with E-state index in [1.165, 1.54) is 0 Å². The number of ether oxygens (including phenoxy) is 2. The third-order valence-electron chi connectivity index (χ3n) is 4.68. The summed E-state index contributed by atoms with van der Waals surface area (Å²) in [6.45, 7) is 2.80. The Morgan fingerprint density at radius 3 is 2.68 bits per heavy atom. The first-order valence-corrected chi connectivity index (χ1v) is 10.5. The number of halogens is 2. The topological polar surface area (TPSA) is 76.6 Å². The third kappa shape index (κ3) is 5.64. The van der Waals surface area contributed by atoms with Crippen LogP contribution in [-0.2, 0) is 9.53 Å². The van der Waals surface area contributed by atoms with E-state index in [1.54, 1.807) is 24.3 Å². The highest BCUT2D eigenvalue weighted by atomic mass is 35.5. The monoisotopic (exact) mass is 458 g/mol. The third-order valence-corrected chi connectivity index (χ3v) is 5.23. The minimum atomic E-state index is -0.318.